The molecular weight excluding hydrogens is 138 g/mol. The van der Waals surface area contributed by atoms with Crippen LogP contribution in [0.3, 0.4) is 0 Å². The van der Waals surface area contributed by atoms with Crippen molar-refractivity contribution in [1.82, 2.24) is 4.90 Å². The highest BCUT2D eigenvalue weighted by Gasteiger charge is 2.16. The normalized spacial score (nSPS) is 18.2. The standard InChI is InChI=1S/C9H13NO/c1-2-3-4-7-10-8-5-6-9(10)11/h2,4,7H,1,3,5-6,8H2. The monoisotopic (exact) mass is 151 g/mol. The Hall–Kier alpha value is -1.05. The fraction of sp³-hybridized carbons (Fsp3) is 0.444. The molecule has 0 atom stereocenters. The van der Waals surface area contributed by atoms with E-state index in [1.54, 1.807) is 4.90 Å². The molecule has 60 valence electrons. The highest BCUT2D eigenvalue weighted by atomic mass is 16.2. The summed E-state index contributed by atoms with van der Waals surface area (Å²) in [4.78, 5) is 12.8. The highest BCUT2D eigenvalue weighted by molar-refractivity contribution is 5.79. The quantitative estimate of drug-likeness (QED) is 0.562. The second-order valence-corrected chi connectivity index (χ2v) is 2.60. The van der Waals surface area contributed by atoms with E-state index < -0.39 is 0 Å². The fourth-order valence-corrected chi connectivity index (χ4v) is 1.11. The molecule has 0 aromatic heterocycles. The van der Waals surface area contributed by atoms with Gasteiger partial charge in [-0.3, -0.25) is 4.79 Å². The van der Waals surface area contributed by atoms with Crippen LogP contribution < -0.4 is 0 Å². The van der Waals surface area contributed by atoms with E-state index in [1.165, 1.54) is 0 Å². The Morgan fingerprint density at radius 1 is 1.64 bits per heavy atom. The Kier molecular flexibility index (Phi) is 2.90. The minimum absolute atomic E-state index is 0.241. The molecule has 0 radical (unpaired) electrons. The van der Waals surface area contributed by atoms with Crippen molar-refractivity contribution in [2.45, 2.75) is 19.3 Å². The predicted molar refractivity (Wildman–Crippen MR) is 44.9 cm³/mol. The molecule has 1 fully saturated rings. The molecule has 0 aromatic carbocycles. The van der Waals surface area contributed by atoms with Crippen molar-refractivity contribution in [2.75, 3.05) is 6.54 Å². The largest absolute Gasteiger partial charge is 0.319 e. The molecule has 11 heavy (non-hydrogen) atoms. The second kappa shape index (κ2) is 3.96. The van der Waals surface area contributed by atoms with Crippen LogP contribution in [-0.2, 0) is 4.79 Å². The van der Waals surface area contributed by atoms with Gasteiger partial charge >= 0.3 is 0 Å². The van der Waals surface area contributed by atoms with Crippen LogP contribution in [0.5, 0.6) is 0 Å². The van der Waals surface area contributed by atoms with Crippen molar-refractivity contribution in [1.29, 1.82) is 0 Å². The SMILES string of the molecule is C=CCC=CN1CCCC1=O. The van der Waals surface area contributed by atoms with Crippen LogP contribution >= 0.6 is 0 Å². The summed E-state index contributed by atoms with van der Waals surface area (Å²) in [5.41, 5.74) is 0. The lowest BCUT2D eigenvalue weighted by Crippen LogP contribution is -2.17. The van der Waals surface area contributed by atoms with Gasteiger partial charge in [-0.15, -0.1) is 6.58 Å². The van der Waals surface area contributed by atoms with Crippen molar-refractivity contribution < 1.29 is 4.79 Å². The molecule has 1 saturated heterocycles. The summed E-state index contributed by atoms with van der Waals surface area (Å²) < 4.78 is 0. The maximum atomic E-state index is 11.0. The van der Waals surface area contributed by atoms with Gasteiger partial charge in [0, 0.05) is 19.2 Å². The summed E-state index contributed by atoms with van der Waals surface area (Å²) in [7, 11) is 0. The molecule has 2 heteroatoms. The fourth-order valence-electron chi connectivity index (χ4n) is 1.11. The van der Waals surface area contributed by atoms with Gasteiger partial charge in [0.25, 0.3) is 0 Å². The van der Waals surface area contributed by atoms with E-state index in [0.717, 1.165) is 19.4 Å². The number of hydrogen-bond acceptors (Lipinski definition) is 1. The van der Waals surface area contributed by atoms with Gasteiger partial charge in [-0.25, -0.2) is 0 Å². The molecule has 0 aliphatic carbocycles. The zero-order valence-corrected chi connectivity index (χ0v) is 6.62. The van der Waals surface area contributed by atoms with Gasteiger partial charge in [-0.1, -0.05) is 12.2 Å². The summed E-state index contributed by atoms with van der Waals surface area (Å²) in [6.07, 6.45) is 8.17. The molecule has 2 nitrogen and oxygen atoms in total. The van der Waals surface area contributed by atoms with E-state index in [-0.39, 0.29) is 5.91 Å². The molecule has 0 unspecified atom stereocenters. The van der Waals surface area contributed by atoms with E-state index in [1.807, 2.05) is 18.4 Å². The van der Waals surface area contributed by atoms with Gasteiger partial charge in [0.05, 0.1) is 0 Å². The maximum absolute atomic E-state index is 11.0. The smallest absolute Gasteiger partial charge is 0.226 e. The van der Waals surface area contributed by atoms with E-state index >= 15 is 0 Å². The maximum Gasteiger partial charge on any atom is 0.226 e. The van der Waals surface area contributed by atoms with Gasteiger partial charge in [0.1, 0.15) is 0 Å². The molecule has 1 heterocycles. The third-order valence-electron chi connectivity index (χ3n) is 1.70. The van der Waals surface area contributed by atoms with Crippen molar-refractivity contribution in [3.05, 3.63) is 24.9 Å². The first-order chi connectivity index (χ1) is 5.34. The lowest BCUT2D eigenvalue weighted by Gasteiger charge is -2.07. The Balaban J connectivity index is 2.35. The number of allylic oxidation sites excluding steroid dienone is 2. The van der Waals surface area contributed by atoms with Gasteiger partial charge < -0.3 is 4.90 Å². The molecule has 0 aromatic rings. The van der Waals surface area contributed by atoms with E-state index in [0.29, 0.717) is 6.42 Å². The minimum atomic E-state index is 0.241. The van der Waals surface area contributed by atoms with Crippen LogP contribution in [0, 0.1) is 0 Å². The average molecular weight is 151 g/mol. The number of hydrogen-bond donors (Lipinski definition) is 0. The van der Waals surface area contributed by atoms with Crippen LogP contribution in [0.25, 0.3) is 0 Å². The molecule has 0 spiro atoms. The van der Waals surface area contributed by atoms with Crippen molar-refractivity contribution in [3.63, 3.8) is 0 Å². The number of rotatable bonds is 3. The average Bonchev–Trinajstić information content (AvgIpc) is 2.37. The van der Waals surface area contributed by atoms with Crippen LogP contribution in [0.15, 0.2) is 24.9 Å². The van der Waals surface area contributed by atoms with Gasteiger partial charge in [0.15, 0.2) is 0 Å². The zero-order chi connectivity index (χ0) is 8.10. The molecule has 1 rings (SSSR count). The topological polar surface area (TPSA) is 20.3 Å². The van der Waals surface area contributed by atoms with Crippen molar-refractivity contribution in [2.24, 2.45) is 0 Å². The number of likely N-dealkylation sites (tertiary alicyclic amines) is 1. The third-order valence-corrected chi connectivity index (χ3v) is 1.70. The number of carbonyl (C=O) groups excluding carboxylic acids is 1. The van der Waals surface area contributed by atoms with Crippen molar-refractivity contribution in [3.8, 4) is 0 Å². The predicted octanol–water partition coefficient (Wildman–Crippen LogP) is 1.70. The molecule has 1 amide bonds. The van der Waals surface area contributed by atoms with E-state index in [2.05, 4.69) is 6.58 Å². The summed E-state index contributed by atoms with van der Waals surface area (Å²) in [5, 5.41) is 0. The molecule has 0 saturated carbocycles. The van der Waals surface area contributed by atoms with Gasteiger partial charge in [-0.05, 0) is 12.8 Å². The zero-order valence-electron chi connectivity index (χ0n) is 6.62. The first-order valence-corrected chi connectivity index (χ1v) is 3.91. The third kappa shape index (κ3) is 2.22. The minimum Gasteiger partial charge on any atom is -0.319 e. The lowest BCUT2D eigenvalue weighted by atomic mass is 10.4. The van der Waals surface area contributed by atoms with Gasteiger partial charge in [-0.2, -0.15) is 0 Å². The summed E-state index contributed by atoms with van der Waals surface area (Å²) >= 11 is 0. The van der Waals surface area contributed by atoms with Gasteiger partial charge in [0.2, 0.25) is 5.91 Å². The van der Waals surface area contributed by atoms with Crippen LogP contribution in [0.2, 0.25) is 0 Å². The summed E-state index contributed by atoms with van der Waals surface area (Å²) in [6.45, 7) is 4.47. The van der Waals surface area contributed by atoms with E-state index in [4.69, 9.17) is 0 Å². The number of carbonyl (C=O) groups is 1. The summed E-state index contributed by atoms with van der Waals surface area (Å²) in [5.74, 6) is 0.241. The Bertz CT molecular complexity index is 184. The first kappa shape index (κ1) is 8.05. The highest BCUT2D eigenvalue weighted by Crippen LogP contribution is 2.09. The lowest BCUT2D eigenvalue weighted by molar-refractivity contribution is -0.125. The number of amides is 1. The molecule has 0 N–H and O–H groups in total. The molecular formula is C9H13NO. The molecule has 1 aliphatic rings. The van der Waals surface area contributed by atoms with Crippen LogP contribution in [0.4, 0.5) is 0 Å². The first-order valence-electron chi connectivity index (χ1n) is 3.91. The number of nitrogens with zero attached hydrogens (tertiary/aromatic N) is 1. The molecule has 1 aliphatic heterocycles. The molecule has 0 bridgehead atoms. The van der Waals surface area contributed by atoms with Crippen LogP contribution in [-0.4, -0.2) is 17.4 Å². The van der Waals surface area contributed by atoms with E-state index in [9.17, 15) is 4.79 Å². The Morgan fingerprint density at radius 3 is 3.00 bits per heavy atom. The Labute approximate surface area is 67.2 Å². The van der Waals surface area contributed by atoms with Crippen LogP contribution in [0.1, 0.15) is 19.3 Å². The second-order valence-electron chi connectivity index (χ2n) is 2.60. The Morgan fingerprint density at radius 2 is 2.45 bits per heavy atom. The summed E-state index contributed by atoms with van der Waals surface area (Å²) in [6, 6.07) is 0. The van der Waals surface area contributed by atoms with Crippen molar-refractivity contribution >= 4 is 5.91 Å².